The predicted molar refractivity (Wildman–Crippen MR) is 69.5 cm³/mol. The molecule has 2 N–H and O–H groups in total. The molecule has 0 unspecified atom stereocenters. The zero-order valence-electron chi connectivity index (χ0n) is 10.3. The summed E-state index contributed by atoms with van der Waals surface area (Å²) >= 11 is 0. The summed E-state index contributed by atoms with van der Waals surface area (Å²) in [6.45, 7) is 0. The van der Waals surface area contributed by atoms with Crippen LogP contribution in [0.15, 0.2) is 40.8 Å². The molecule has 0 saturated carbocycles. The predicted octanol–water partition coefficient (Wildman–Crippen LogP) is 1.85. The maximum atomic E-state index is 11.6. The number of non-ortho nitro benzene ring substituents is 1. The minimum absolute atomic E-state index is 0.0893. The lowest BCUT2D eigenvalue weighted by molar-refractivity contribution is -0.402. The van der Waals surface area contributed by atoms with Crippen molar-refractivity contribution in [3.8, 4) is 0 Å². The van der Waals surface area contributed by atoms with Gasteiger partial charge in [-0.1, -0.05) is 0 Å². The highest BCUT2D eigenvalue weighted by molar-refractivity contribution is 5.92. The van der Waals surface area contributed by atoms with Gasteiger partial charge in [0.05, 0.1) is 16.7 Å². The van der Waals surface area contributed by atoms with Crippen LogP contribution in [-0.4, -0.2) is 15.8 Å². The van der Waals surface area contributed by atoms with Gasteiger partial charge >= 0.3 is 11.8 Å². The van der Waals surface area contributed by atoms with E-state index in [4.69, 9.17) is 4.42 Å². The molecule has 108 valence electrons. The van der Waals surface area contributed by atoms with E-state index in [1.807, 2.05) is 0 Å². The number of anilines is 1. The van der Waals surface area contributed by atoms with Crippen molar-refractivity contribution in [1.82, 2.24) is 5.43 Å². The molecule has 10 heteroatoms. The first-order chi connectivity index (χ1) is 9.97. The first kappa shape index (κ1) is 14.0. The summed E-state index contributed by atoms with van der Waals surface area (Å²) in [4.78, 5) is 31.2. The Morgan fingerprint density at radius 1 is 1.00 bits per heavy atom. The van der Waals surface area contributed by atoms with Crippen molar-refractivity contribution in [2.75, 3.05) is 5.43 Å². The Kier molecular flexibility index (Phi) is 3.79. The molecule has 0 aliphatic heterocycles. The molecule has 1 aromatic heterocycles. The third kappa shape index (κ3) is 3.32. The Hall–Kier alpha value is -3.43. The van der Waals surface area contributed by atoms with Crippen LogP contribution < -0.4 is 10.9 Å². The van der Waals surface area contributed by atoms with E-state index in [1.165, 1.54) is 24.3 Å². The van der Waals surface area contributed by atoms with E-state index in [2.05, 4.69) is 10.9 Å². The molecule has 0 aliphatic rings. The number of amides is 1. The number of carbonyl (C=O) groups excluding carboxylic acids is 1. The Bertz CT molecular complexity index is 693. The molecule has 0 aliphatic carbocycles. The number of rotatable bonds is 5. The summed E-state index contributed by atoms with van der Waals surface area (Å²) in [6, 6.07) is 7.51. The van der Waals surface area contributed by atoms with Crippen molar-refractivity contribution < 1.29 is 19.1 Å². The normalized spacial score (nSPS) is 9.90. The van der Waals surface area contributed by atoms with Crippen molar-refractivity contribution in [3.63, 3.8) is 0 Å². The van der Waals surface area contributed by atoms with Crippen LogP contribution in [-0.2, 0) is 0 Å². The number of hydrazine groups is 1. The lowest BCUT2D eigenvalue weighted by atomic mass is 10.3. The van der Waals surface area contributed by atoms with Gasteiger partial charge in [0.2, 0.25) is 5.76 Å². The Balaban J connectivity index is 1.97. The molecule has 0 atom stereocenters. The van der Waals surface area contributed by atoms with Crippen molar-refractivity contribution >= 4 is 23.2 Å². The van der Waals surface area contributed by atoms with Gasteiger partial charge in [0.25, 0.3) is 5.69 Å². The highest BCUT2D eigenvalue weighted by Crippen LogP contribution is 2.16. The smallest absolute Gasteiger partial charge is 0.395 e. The molecule has 0 radical (unpaired) electrons. The van der Waals surface area contributed by atoms with E-state index < -0.39 is 21.6 Å². The van der Waals surface area contributed by atoms with Crippen LogP contribution in [0.4, 0.5) is 17.3 Å². The van der Waals surface area contributed by atoms with E-state index >= 15 is 0 Å². The third-order valence-corrected chi connectivity index (χ3v) is 2.39. The van der Waals surface area contributed by atoms with Crippen molar-refractivity contribution in [1.29, 1.82) is 0 Å². The minimum Gasteiger partial charge on any atom is -0.395 e. The zero-order chi connectivity index (χ0) is 15.4. The Morgan fingerprint density at radius 2 is 1.67 bits per heavy atom. The van der Waals surface area contributed by atoms with Crippen LogP contribution in [0.2, 0.25) is 0 Å². The van der Waals surface area contributed by atoms with Crippen LogP contribution in [0.3, 0.4) is 0 Å². The number of nitrogens with zero attached hydrogens (tertiary/aromatic N) is 2. The minimum atomic E-state index is -0.763. The SMILES string of the molecule is O=C(NNc1ccc([N+](=O)[O-])cc1)c1ccc([N+](=O)[O-])o1. The fraction of sp³-hybridized carbons (Fsp3) is 0. The van der Waals surface area contributed by atoms with Gasteiger partial charge in [-0.05, 0) is 18.2 Å². The summed E-state index contributed by atoms with van der Waals surface area (Å²) in [5.41, 5.74) is 5.05. The molecule has 0 saturated heterocycles. The number of hydrogen-bond acceptors (Lipinski definition) is 7. The lowest BCUT2D eigenvalue weighted by Gasteiger charge is -2.06. The molecule has 2 rings (SSSR count). The topological polar surface area (TPSA) is 141 Å². The first-order valence-electron chi connectivity index (χ1n) is 5.52. The van der Waals surface area contributed by atoms with E-state index in [9.17, 15) is 25.0 Å². The number of nitro benzene ring substituents is 1. The molecule has 21 heavy (non-hydrogen) atoms. The van der Waals surface area contributed by atoms with Gasteiger partial charge in [0.1, 0.15) is 4.92 Å². The van der Waals surface area contributed by atoms with Gasteiger partial charge in [-0.15, -0.1) is 0 Å². The van der Waals surface area contributed by atoms with Crippen LogP contribution in [0.5, 0.6) is 0 Å². The average molecular weight is 292 g/mol. The molecule has 10 nitrogen and oxygen atoms in total. The van der Waals surface area contributed by atoms with Crippen LogP contribution in [0.25, 0.3) is 0 Å². The highest BCUT2D eigenvalue weighted by atomic mass is 16.6. The number of benzene rings is 1. The Morgan fingerprint density at radius 3 is 2.19 bits per heavy atom. The van der Waals surface area contributed by atoms with Gasteiger partial charge in [-0.2, -0.15) is 0 Å². The second kappa shape index (κ2) is 5.69. The van der Waals surface area contributed by atoms with Crippen LogP contribution in [0, 0.1) is 20.2 Å². The maximum Gasteiger partial charge on any atom is 0.433 e. The number of furan rings is 1. The standard InChI is InChI=1S/C11H8N4O6/c16-11(9-5-6-10(21-9)15(19)20)13-12-7-1-3-8(4-2-7)14(17)18/h1-6,12H,(H,13,16). The Labute approximate surface area is 116 Å². The molecule has 1 aromatic carbocycles. The molecule has 1 heterocycles. The molecule has 0 spiro atoms. The van der Waals surface area contributed by atoms with Crippen LogP contribution in [0.1, 0.15) is 10.6 Å². The second-order valence-electron chi connectivity index (χ2n) is 3.78. The summed E-state index contributed by atoms with van der Waals surface area (Å²) < 4.78 is 4.71. The molecule has 0 fully saturated rings. The van der Waals surface area contributed by atoms with Crippen LogP contribution >= 0.6 is 0 Å². The molecule has 1 amide bonds. The average Bonchev–Trinajstić information content (AvgIpc) is 2.95. The monoisotopic (exact) mass is 292 g/mol. The lowest BCUT2D eigenvalue weighted by Crippen LogP contribution is -2.28. The number of carbonyl (C=O) groups is 1. The molecule has 2 aromatic rings. The summed E-state index contributed by atoms with van der Waals surface area (Å²) in [5, 5.41) is 20.9. The second-order valence-corrected chi connectivity index (χ2v) is 3.78. The fourth-order valence-corrected chi connectivity index (χ4v) is 1.40. The van der Waals surface area contributed by atoms with Crippen molar-refractivity contribution in [2.24, 2.45) is 0 Å². The van der Waals surface area contributed by atoms with E-state index in [1.54, 1.807) is 0 Å². The zero-order valence-corrected chi connectivity index (χ0v) is 10.3. The third-order valence-electron chi connectivity index (χ3n) is 2.39. The quantitative estimate of drug-likeness (QED) is 0.632. The molecule has 0 bridgehead atoms. The van der Waals surface area contributed by atoms with Gasteiger partial charge in [0.15, 0.2) is 0 Å². The van der Waals surface area contributed by atoms with E-state index in [0.29, 0.717) is 5.69 Å². The summed E-state index contributed by atoms with van der Waals surface area (Å²) in [6.07, 6.45) is 0. The van der Waals surface area contributed by atoms with Crippen molar-refractivity contribution in [3.05, 3.63) is 62.4 Å². The van der Waals surface area contributed by atoms with Gasteiger partial charge < -0.3 is 4.42 Å². The number of hydrogen-bond donors (Lipinski definition) is 2. The maximum absolute atomic E-state index is 11.6. The van der Waals surface area contributed by atoms with Gasteiger partial charge in [0, 0.05) is 12.1 Å². The van der Waals surface area contributed by atoms with Crippen molar-refractivity contribution in [2.45, 2.75) is 0 Å². The largest absolute Gasteiger partial charge is 0.433 e. The molecular weight excluding hydrogens is 284 g/mol. The number of nitrogens with one attached hydrogen (secondary N) is 2. The van der Waals surface area contributed by atoms with E-state index in [-0.39, 0.29) is 11.4 Å². The van der Waals surface area contributed by atoms with Gasteiger partial charge in [-0.3, -0.25) is 35.9 Å². The first-order valence-corrected chi connectivity index (χ1v) is 5.52. The van der Waals surface area contributed by atoms with Gasteiger partial charge in [-0.25, -0.2) is 0 Å². The van der Waals surface area contributed by atoms with E-state index in [0.717, 1.165) is 12.1 Å². The number of nitro groups is 2. The summed E-state index contributed by atoms with van der Waals surface area (Å²) in [5.74, 6) is -1.51. The summed E-state index contributed by atoms with van der Waals surface area (Å²) in [7, 11) is 0. The fourth-order valence-electron chi connectivity index (χ4n) is 1.40. The molecular formula is C11H8N4O6. The highest BCUT2D eigenvalue weighted by Gasteiger charge is 2.17.